The third-order valence-electron chi connectivity index (χ3n) is 5.70. The molecule has 2 aromatic carbocycles. The first kappa shape index (κ1) is 20.6. The maximum Gasteiger partial charge on any atom is 0.387 e. The fraction of sp³-hybridized carbons (Fsp3) is 0.435. The van der Waals surface area contributed by atoms with E-state index in [-0.39, 0.29) is 23.8 Å². The molecule has 2 aromatic rings. The van der Waals surface area contributed by atoms with Crippen LogP contribution in [-0.4, -0.2) is 43.3 Å². The van der Waals surface area contributed by atoms with Gasteiger partial charge >= 0.3 is 6.61 Å². The molecule has 0 aromatic heterocycles. The second kappa shape index (κ2) is 8.60. The SMILES string of the molecule is CCOc1cc2c(cc1OC)C(c1cccc(OC(F)F)c1)=NC1CCC(O)CC21. The summed E-state index contributed by atoms with van der Waals surface area (Å²) in [6.45, 7) is -0.480. The van der Waals surface area contributed by atoms with Gasteiger partial charge in [0.2, 0.25) is 0 Å². The summed E-state index contributed by atoms with van der Waals surface area (Å²) in [5.41, 5.74) is 3.31. The Morgan fingerprint density at radius 1 is 1.17 bits per heavy atom. The van der Waals surface area contributed by atoms with Crippen LogP contribution in [0.25, 0.3) is 0 Å². The van der Waals surface area contributed by atoms with Crippen LogP contribution in [0.5, 0.6) is 17.2 Å². The number of aliphatic imine (C=N–C) groups is 1. The number of nitrogens with zero attached hydrogens (tertiary/aromatic N) is 1. The maximum atomic E-state index is 12.7. The van der Waals surface area contributed by atoms with E-state index in [9.17, 15) is 13.9 Å². The van der Waals surface area contributed by atoms with Crippen molar-refractivity contribution in [3.8, 4) is 17.2 Å². The van der Waals surface area contributed by atoms with E-state index in [1.54, 1.807) is 19.2 Å². The lowest BCUT2D eigenvalue weighted by Gasteiger charge is -2.37. The van der Waals surface area contributed by atoms with Crippen LogP contribution in [0.1, 0.15) is 48.8 Å². The molecule has 0 amide bonds. The number of hydrogen-bond acceptors (Lipinski definition) is 5. The number of benzene rings is 2. The molecule has 1 saturated carbocycles. The molecule has 5 nitrogen and oxygen atoms in total. The van der Waals surface area contributed by atoms with Gasteiger partial charge in [0.25, 0.3) is 0 Å². The standard InChI is InChI=1S/C23H25F2NO4/c1-3-29-21-11-16-17-10-14(27)7-8-19(17)26-22(18(16)12-20(21)28-2)13-5-4-6-15(9-13)30-23(24)25/h4-6,9,11-12,14,17,19,23,27H,3,7-8,10H2,1-2H3. The quantitative estimate of drug-likeness (QED) is 0.750. The van der Waals surface area contributed by atoms with Crippen LogP contribution in [0.15, 0.2) is 41.4 Å². The largest absolute Gasteiger partial charge is 0.493 e. The highest BCUT2D eigenvalue weighted by atomic mass is 19.3. The van der Waals surface area contributed by atoms with Crippen LogP contribution in [0.4, 0.5) is 8.78 Å². The van der Waals surface area contributed by atoms with Gasteiger partial charge in [-0.05, 0) is 56.0 Å². The molecule has 0 radical (unpaired) electrons. The van der Waals surface area contributed by atoms with E-state index in [4.69, 9.17) is 14.5 Å². The van der Waals surface area contributed by atoms with Crippen LogP contribution >= 0.6 is 0 Å². The van der Waals surface area contributed by atoms with Gasteiger partial charge in [0.1, 0.15) is 5.75 Å². The van der Waals surface area contributed by atoms with Gasteiger partial charge in [0, 0.05) is 17.0 Å². The molecule has 1 N–H and O–H groups in total. The number of methoxy groups -OCH3 is 1. The summed E-state index contributed by atoms with van der Waals surface area (Å²) in [7, 11) is 1.58. The van der Waals surface area contributed by atoms with Gasteiger partial charge < -0.3 is 19.3 Å². The Kier molecular flexibility index (Phi) is 5.90. The summed E-state index contributed by atoms with van der Waals surface area (Å²) in [5, 5.41) is 10.3. The van der Waals surface area contributed by atoms with E-state index in [0.717, 1.165) is 17.5 Å². The highest BCUT2D eigenvalue weighted by Crippen LogP contribution is 2.45. The Balaban J connectivity index is 1.84. The first-order chi connectivity index (χ1) is 14.5. The predicted octanol–water partition coefficient (Wildman–Crippen LogP) is 4.54. The van der Waals surface area contributed by atoms with Gasteiger partial charge in [-0.15, -0.1) is 0 Å². The maximum absolute atomic E-state index is 12.7. The van der Waals surface area contributed by atoms with Crippen molar-refractivity contribution in [2.24, 2.45) is 4.99 Å². The summed E-state index contributed by atoms with van der Waals surface area (Å²) in [6, 6.07) is 10.5. The molecule has 0 saturated heterocycles. The van der Waals surface area contributed by atoms with Crippen LogP contribution in [-0.2, 0) is 0 Å². The molecule has 0 spiro atoms. The van der Waals surface area contributed by atoms with E-state index in [2.05, 4.69) is 4.74 Å². The molecule has 0 bridgehead atoms. The number of alkyl halides is 2. The average Bonchev–Trinajstić information content (AvgIpc) is 2.73. The monoisotopic (exact) mass is 417 g/mol. The lowest BCUT2D eigenvalue weighted by atomic mass is 9.74. The van der Waals surface area contributed by atoms with Crippen molar-refractivity contribution in [1.29, 1.82) is 0 Å². The van der Waals surface area contributed by atoms with Crippen LogP contribution in [0, 0.1) is 0 Å². The molecular weight excluding hydrogens is 392 g/mol. The Morgan fingerprint density at radius 3 is 2.73 bits per heavy atom. The molecule has 1 fully saturated rings. The van der Waals surface area contributed by atoms with Crippen LogP contribution < -0.4 is 14.2 Å². The lowest BCUT2D eigenvalue weighted by molar-refractivity contribution is -0.0498. The Bertz CT molecular complexity index is 947. The number of rotatable bonds is 6. The highest BCUT2D eigenvalue weighted by molar-refractivity contribution is 6.15. The molecule has 3 unspecified atom stereocenters. The molecule has 3 atom stereocenters. The molecular formula is C23H25F2NO4. The van der Waals surface area contributed by atoms with Crippen molar-refractivity contribution in [3.05, 3.63) is 53.1 Å². The van der Waals surface area contributed by atoms with Crippen molar-refractivity contribution < 1.29 is 28.1 Å². The molecule has 2 aliphatic rings. The minimum atomic E-state index is -2.89. The van der Waals surface area contributed by atoms with Gasteiger partial charge in [0.05, 0.1) is 31.6 Å². The summed E-state index contributed by atoms with van der Waals surface area (Å²) < 4.78 is 41.3. The van der Waals surface area contributed by atoms with Gasteiger partial charge in [0.15, 0.2) is 11.5 Å². The second-order valence-electron chi connectivity index (χ2n) is 7.55. The van der Waals surface area contributed by atoms with Crippen LogP contribution in [0.2, 0.25) is 0 Å². The molecule has 1 heterocycles. The summed E-state index contributed by atoms with van der Waals surface area (Å²) in [4.78, 5) is 4.99. The summed E-state index contributed by atoms with van der Waals surface area (Å²) >= 11 is 0. The second-order valence-corrected chi connectivity index (χ2v) is 7.55. The van der Waals surface area contributed by atoms with Crippen molar-refractivity contribution >= 4 is 5.71 Å². The number of ether oxygens (including phenoxy) is 3. The van der Waals surface area contributed by atoms with Crippen molar-refractivity contribution in [2.45, 2.75) is 50.9 Å². The lowest BCUT2D eigenvalue weighted by Crippen LogP contribution is -2.34. The predicted molar refractivity (Wildman–Crippen MR) is 109 cm³/mol. The van der Waals surface area contributed by atoms with Gasteiger partial charge in [-0.25, -0.2) is 0 Å². The molecule has 30 heavy (non-hydrogen) atoms. The Labute approximate surface area is 174 Å². The average molecular weight is 417 g/mol. The van der Waals surface area contributed by atoms with Gasteiger partial charge in [-0.2, -0.15) is 8.78 Å². The zero-order valence-corrected chi connectivity index (χ0v) is 17.0. The first-order valence-corrected chi connectivity index (χ1v) is 10.2. The fourth-order valence-electron chi connectivity index (χ4n) is 4.42. The molecule has 7 heteroatoms. The number of fused-ring (bicyclic) bond motifs is 3. The number of aliphatic hydroxyl groups excluding tert-OH is 1. The number of hydrogen-bond donors (Lipinski definition) is 1. The normalized spacial score (nSPS) is 22.7. The minimum Gasteiger partial charge on any atom is -0.493 e. The van der Waals surface area contributed by atoms with E-state index in [1.807, 2.05) is 25.1 Å². The van der Waals surface area contributed by atoms with Crippen molar-refractivity contribution in [1.82, 2.24) is 0 Å². The third kappa shape index (κ3) is 3.99. The number of aliphatic hydroxyl groups is 1. The smallest absolute Gasteiger partial charge is 0.387 e. The van der Waals surface area contributed by atoms with E-state index >= 15 is 0 Å². The van der Waals surface area contributed by atoms with E-state index in [1.165, 1.54) is 6.07 Å². The fourth-order valence-corrected chi connectivity index (χ4v) is 4.42. The number of halogens is 2. The molecule has 1 aliphatic carbocycles. The topological polar surface area (TPSA) is 60.3 Å². The first-order valence-electron chi connectivity index (χ1n) is 10.2. The van der Waals surface area contributed by atoms with Crippen molar-refractivity contribution in [3.63, 3.8) is 0 Å². The third-order valence-corrected chi connectivity index (χ3v) is 5.70. The highest BCUT2D eigenvalue weighted by Gasteiger charge is 2.37. The molecule has 4 rings (SSSR count). The Morgan fingerprint density at radius 2 is 2.00 bits per heavy atom. The van der Waals surface area contributed by atoms with Crippen LogP contribution in [0.3, 0.4) is 0 Å². The minimum absolute atomic E-state index is 0.0124. The zero-order chi connectivity index (χ0) is 21.3. The summed E-state index contributed by atoms with van der Waals surface area (Å²) in [6.07, 6.45) is 1.71. The van der Waals surface area contributed by atoms with E-state index in [0.29, 0.717) is 42.2 Å². The van der Waals surface area contributed by atoms with Gasteiger partial charge in [-0.1, -0.05) is 12.1 Å². The Hall–Kier alpha value is -2.67. The summed E-state index contributed by atoms with van der Waals surface area (Å²) in [5.74, 6) is 1.38. The molecule has 160 valence electrons. The van der Waals surface area contributed by atoms with Gasteiger partial charge in [-0.3, -0.25) is 4.99 Å². The van der Waals surface area contributed by atoms with Crippen molar-refractivity contribution in [2.75, 3.05) is 13.7 Å². The zero-order valence-electron chi connectivity index (χ0n) is 17.0. The molecule has 1 aliphatic heterocycles. The van der Waals surface area contributed by atoms with E-state index < -0.39 is 6.61 Å².